The Kier molecular flexibility index (Phi) is 6.82. The number of nitrogens with zero attached hydrogens (tertiary/aromatic N) is 2. The van der Waals surface area contributed by atoms with E-state index < -0.39 is 5.91 Å². The number of methoxy groups -OCH3 is 1. The minimum absolute atomic E-state index is 0.0607. The minimum atomic E-state index is -0.469. The Morgan fingerprint density at radius 1 is 1.21 bits per heavy atom. The van der Waals surface area contributed by atoms with Crippen molar-refractivity contribution in [1.29, 1.82) is 0 Å². The van der Waals surface area contributed by atoms with Gasteiger partial charge in [0.1, 0.15) is 11.6 Å². The Balaban J connectivity index is 1.80. The van der Waals surface area contributed by atoms with Crippen LogP contribution in [0.5, 0.6) is 5.75 Å². The lowest BCUT2D eigenvalue weighted by molar-refractivity contribution is -0.120. The largest absolute Gasteiger partial charge is 0.495 e. The van der Waals surface area contributed by atoms with Crippen molar-refractivity contribution in [2.75, 3.05) is 31.6 Å². The molecule has 1 fully saturated rings. The van der Waals surface area contributed by atoms with E-state index in [-0.39, 0.29) is 37.3 Å². The third-order valence-corrected chi connectivity index (χ3v) is 5.22. The Labute approximate surface area is 170 Å². The van der Waals surface area contributed by atoms with Gasteiger partial charge < -0.3 is 15.4 Å². The molecule has 2 aromatic carbocycles. The average molecular weight is 399 g/mol. The number of rotatable bonds is 8. The summed E-state index contributed by atoms with van der Waals surface area (Å²) in [6.07, 6.45) is 1.94. The van der Waals surface area contributed by atoms with Crippen molar-refractivity contribution >= 4 is 17.5 Å². The maximum Gasteiger partial charge on any atom is 0.241 e. The Morgan fingerprint density at radius 2 is 1.93 bits per heavy atom. The van der Waals surface area contributed by atoms with Crippen molar-refractivity contribution in [3.63, 3.8) is 0 Å². The highest BCUT2D eigenvalue weighted by atomic mass is 19.1. The molecule has 1 atom stereocenters. The number of primary amides is 1. The van der Waals surface area contributed by atoms with Crippen LogP contribution in [0.3, 0.4) is 0 Å². The Bertz CT molecular complexity index is 857. The van der Waals surface area contributed by atoms with Gasteiger partial charge in [-0.05, 0) is 49.2 Å². The van der Waals surface area contributed by atoms with E-state index in [2.05, 4.69) is 4.90 Å². The second-order valence-electron chi connectivity index (χ2n) is 7.11. The molecule has 0 radical (unpaired) electrons. The first-order valence-electron chi connectivity index (χ1n) is 9.71. The number of carbonyl (C=O) groups is 2. The van der Waals surface area contributed by atoms with Crippen LogP contribution in [0.1, 0.15) is 30.9 Å². The van der Waals surface area contributed by atoms with Crippen LogP contribution < -0.4 is 15.4 Å². The summed E-state index contributed by atoms with van der Waals surface area (Å²) < 4.78 is 18.7. The molecule has 2 amide bonds. The Morgan fingerprint density at radius 3 is 2.62 bits per heavy atom. The zero-order valence-electron chi connectivity index (χ0n) is 16.5. The van der Waals surface area contributed by atoms with E-state index in [1.165, 1.54) is 12.1 Å². The molecule has 29 heavy (non-hydrogen) atoms. The molecule has 1 saturated heterocycles. The minimum Gasteiger partial charge on any atom is -0.495 e. The lowest BCUT2D eigenvalue weighted by atomic mass is 10.0. The van der Waals surface area contributed by atoms with Crippen molar-refractivity contribution in [3.05, 3.63) is 59.9 Å². The maximum atomic E-state index is 13.3. The zero-order valence-corrected chi connectivity index (χ0v) is 16.5. The highest BCUT2D eigenvalue weighted by Gasteiger charge is 2.30. The first-order chi connectivity index (χ1) is 14.0. The number of para-hydroxylation sites is 2. The van der Waals surface area contributed by atoms with E-state index in [1.54, 1.807) is 36.3 Å². The maximum absolute atomic E-state index is 13.3. The van der Waals surface area contributed by atoms with Gasteiger partial charge in [0.25, 0.3) is 0 Å². The smallest absolute Gasteiger partial charge is 0.241 e. The van der Waals surface area contributed by atoms with E-state index in [9.17, 15) is 14.0 Å². The van der Waals surface area contributed by atoms with Crippen LogP contribution in [0, 0.1) is 5.82 Å². The number of likely N-dealkylation sites (tertiary alicyclic amines) is 1. The topological polar surface area (TPSA) is 75.9 Å². The lowest BCUT2D eigenvalue weighted by Crippen LogP contribution is -2.41. The van der Waals surface area contributed by atoms with Gasteiger partial charge in [0.2, 0.25) is 11.8 Å². The molecule has 0 aromatic heterocycles. The highest BCUT2D eigenvalue weighted by Crippen LogP contribution is 2.33. The summed E-state index contributed by atoms with van der Waals surface area (Å²) in [6, 6.07) is 13.7. The second kappa shape index (κ2) is 9.52. The van der Waals surface area contributed by atoms with Gasteiger partial charge in [-0.15, -0.1) is 0 Å². The van der Waals surface area contributed by atoms with Crippen LogP contribution in [0.25, 0.3) is 0 Å². The van der Waals surface area contributed by atoms with Gasteiger partial charge in [-0.3, -0.25) is 14.5 Å². The number of amides is 2. The first kappa shape index (κ1) is 20.8. The molecule has 0 saturated carbocycles. The molecule has 0 spiro atoms. The Hall–Kier alpha value is -2.93. The quantitative estimate of drug-likeness (QED) is 0.741. The normalized spacial score (nSPS) is 16.6. The van der Waals surface area contributed by atoms with Gasteiger partial charge in [-0.1, -0.05) is 24.3 Å². The third kappa shape index (κ3) is 5.12. The summed E-state index contributed by atoms with van der Waals surface area (Å²) in [5.74, 6) is -0.321. The molecule has 1 heterocycles. The zero-order chi connectivity index (χ0) is 20.8. The van der Waals surface area contributed by atoms with Crippen LogP contribution in [0.4, 0.5) is 10.1 Å². The molecule has 6 nitrogen and oxygen atoms in total. The van der Waals surface area contributed by atoms with Crippen LogP contribution >= 0.6 is 0 Å². The predicted molar refractivity (Wildman–Crippen MR) is 109 cm³/mol. The number of ether oxygens (including phenoxy) is 1. The summed E-state index contributed by atoms with van der Waals surface area (Å²) in [4.78, 5) is 28.2. The van der Waals surface area contributed by atoms with Crippen molar-refractivity contribution in [1.82, 2.24) is 4.90 Å². The van der Waals surface area contributed by atoms with Crippen LogP contribution in [-0.2, 0) is 9.59 Å². The summed E-state index contributed by atoms with van der Waals surface area (Å²) in [5, 5.41) is 0. The average Bonchev–Trinajstić information content (AvgIpc) is 3.17. The molecule has 154 valence electrons. The van der Waals surface area contributed by atoms with E-state index in [0.29, 0.717) is 11.4 Å². The number of nitrogens with two attached hydrogens (primary N) is 1. The van der Waals surface area contributed by atoms with Gasteiger partial charge in [-0.25, -0.2) is 4.39 Å². The summed E-state index contributed by atoms with van der Waals surface area (Å²) in [5.41, 5.74) is 6.92. The SMILES string of the molecule is COc1ccccc1N(CCC(N)=O)C(=O)CN1CCCC1c1ccc(F)cc1. The number of carbonyl (C=O) groups excluding carboxylic acids is 2. The summed E-state index contributed by atoms with van der Waals surface area (Å²) >= 11 is 0. The molecule has 2 N–H and O–H groups in total. The second-order valence-corrected chi connectivity index (χ2v) is 7.11. The summed E-state index contributed by atoms with van der Waals surface area (Å²) in [6.45, 7) is 1.16. The molecular weight excluding hydrogens is 373 g/mol. The fourth-order valence-electron chi connectivity index (χ4n) is 3.79. The fourth-order valence-corrected chi connectivity index (χ4v) is 3.79. The van der Waals surface area contributed by atoms with Crippen LogP contribution in [-0.4, -0.2) is 43.5 Å². The lowest BCUT2D eigenvalue weighted by Gasteiger charge is -2.29. The molecule has 2 aromatic rings. The molecule has 0 aliphatic carbocycles. The third-order valence-electron chi connectivity index (χ3n) is 5.22. The number of anilines is 1. The van der Waals surface area contributed by atoms with Gasteiger partial charge in [0, 0.05) is 19.0 Å². The standard InChI is InChI=1S/C22H26FN3O3/c1-29-20-7-3-2-5-19(20)26(14-12-21(24)27)22(28)15-25-13-4-6-18(25)16-8-10-17(23)11-9-16/h2-3,5,7-11,18H,4,6,12-15H2,1H3,(H2,24,27). The molecule has 1 aliphatic heterocycles. The van der Waals surface area contributed by atoms with Gasteiger partial charge in [0.15, 0.2) is 0 Å². The first-order valence-corrected chi connectivity index (χ1v) is 9.71. The van der Waals surface area contributed by atoms with E-state index in [0.717, 1.165) is 24.9 Å². The number of benzene rings is 2. The molecule has 1 aliphatic rings. The van der Waals surface area contributed by atoms with Gasteiger partial charge in [0.05, 0.1) is 19.3 Å². The van der Waals surface area contributed by atoms with E-state index in [1.807, 2.05) is 12.1 Å². The van der Waals surface area contributed by atoms with Crippen molar-refractivity contribution in [3.8, 4) is 5.75 Å². The van der Waals surface area contributed by atoms with Crippen LogP contribution in [0.15, 0.2) is 48.5 Å². The molecule has 1 unspecified atom stereocenters. The predicted octanol–water partition coefficient (Wildman–Crippen LogP) is 2.88. The number of hydrogen-bond acceptors (Lipinski definition) is 4. The molecule has 3 rings (SSSR count). The van der Waals surface area contributed by atoms with Gasteiger partial charge in [-0.2, -0.15) is 0 Å². The van der Waals surface area contributed by atoms with Crippen molar-refractivity contribution < 1.29 is 18.7 Å². The number of halogens is 1. The van der Waals surface area contributed by atoms with E-state index >= 15 is 0 Å². The van der Waals surface area contributed by atoms with E-state index in [4.69, 9.17) is 10.5 Å². The van der Waals surface area contributed by atoms with Crippen molar-refractivity contribution in [2.24, 2.45) is 5.73 Å². The number of hydrogen-bond donors (Lipinski definition) is 1. The molecular formula is C22H26FN3O3. The molecule has 0 bridgehead atoms. The molecule has 7 heteroatoms. The van der Waals surface area contributed by atoms with Crippen molar-refractivity contribution in [2.45, 2.75) is 25.3 Å². The van der Waals surface area contributed by atoms with Gasteiger partial charge >= 0.3 is 0 Å². The fraction of sp³-hybridized carbons (Fsp3) is 0.364. The van der Waals surface area contributed by atoms with Crippen LogP contribution in [0.2, 0.25) is 0 Å². The summed E-state index contributed by atoms with van der Waals surface area (Å²) in [7, 11) is 1.54. The monoisotopic (exact) mass is 399 g/mol. The highest BCUT2D eigenvalue weighted by molar-refractivity contribution is 5.96.